The lowest BCUT2D eigenvalue weighted by molar-refractivity contribution is -0.151. The first-order valence-electron chi connectivity index (χ1n) is 25.7. The highest BCUT2D eigenvalue weighted by atomic mass is 35.5. The van der Waals surface area contributed by atoms with Crippen LogP contribution in [0.25, 0.3) is 21.8 Å². The molecule has 77 heavy (non-hydrogen) atoms. The number of rotatable bonds is 32. The minimum atomic E-state index is -0.791. The van der Waals surface area contributed by atoms with Gasteiger partial charge in [-0.25, -0.2) is 19.9 Å². The zero-order valence-electron chi connectivity index (χ0n) is 45.1. The van der Waals surface area contributed by atoms with Gasteiger partial charge in [-0.2, -0.15) is 0 Å². The predicted molar refractivity (Wildman–Crippen MR) is 310 cm³/mol. The Morgan fingerprint density at radius 1 is 0.584 bits per heavy atom. The van der Waals surface area contributed by atoms with E-state index in [0.717, 1.165) is 36.8 Å². The van der Waals surface area contributed by atoms with Gasteiger partial charge in [0.05, 0.1) is 49.7 Å². The first-order valence-corrected chi connectivity index (χ1v) is 26.5. The van der Waals surface area contributed by atoms with E-state index in [9.17, 15) is 9.59 Å². The molecule has 0 fully saturated rings. The quantitative estimate of drug-likeness (QED) is 0.0232. The number of hydrogen-bond donors (Lipinski definition) is 4. The Morgan fingerprint density at radius 2 is 1.00 bits per heavy atom. The fraction of sp³-hybridized carbons (Fsp3) is 0.367. The van der Waals surface area contributed by atoms with Gasteiger partial charge in [-0.1, -0.05) is 59.6 Å². The van der Waals surface area contributed by atoms with Gasteiger partial charge in [0.2, 0.25) is 11.8 Å². The molecule has 4 N–H and O–H groups in total. The van der Waals surface area contributed by atoms with Gasteiger partial charge >= 0.3 is 0 Å². The lowest BCUT2D eigenvalue weighted by Gasteiger charge is -2.39. The summed E-state index contributed by atoms with van der Waals surface area (Å²) < 4.78 is 30.2. The molecule has 2 unspecified atom stereocenters. The Bertz CT molecular complexity index is 2840. The highest BCUT2D eigenvalue weighted by molar-refractivity contribution is 6.31. The van der Waals surface area contributed by atoms with Gasteiger partial charge in [0.15, 0.2) is 23.0 Å². The van der Waals surface area contributed by atoms with Crippen LogP contribution in [0.3, 0.4) is 0 Å². The summed E-state index contributed by atoms with van der Waals surface area (Å²) in [6.45, 7) is 24.7. The second kappa shape index (κ2) is 28.3. The van der Waals surface area contributed by atoms with Crippen LogP contribution >= 0.6 is 23.2 Å². The zero-order valence-corrected chi connectivity index (χ0v) is 46.6. The number of unbranched alkanes of at least 4 members (excludes halogenated alkanes) is 2. The summed E-state index contributed by atoms with van der Waals surface area (Å²) >= 11 is 13.1. The molecule has 6 rings (SSSR count). The molecule has 0 saturated heterocycles. The third-order valence-corrected chi connectivity index (χ3v) is 13.2. The Balaban J connectivity index is 1.10. The third-order valence-electron chi connectivity index (χ3n) is 12.7. The van der Waals surface area contributed by atoms with E-state index in [1.807, 2.05) is 76.2 Å². The van der Waals surface area contributed by atoms with Crippen molar-refractivity contribution in [1.29, 1.82) is 0 Å². The Labute approximate surface area is 462 Å². The first-order chi connectivity index (χ1) is 37.0. The van der Waals surface area contributed by atoms with Crippen LogP contribution in [0.15, 0.2) is 124 Å². The highest BCUT2D eigenvalue weighted by Crippen LogP contribution is 2.39. The van der Waals surface area contributed by atoms with Crippen LogP contribution in [-0.4, -0.2) is 70.4 Å². The first kappa shape index (κ1) is 59.1. The zero-order chi connectivity index (χ0) is 55.5. The van der Waals surface area contributed by atoms with E-state index in [1.54, 1.807) is 50.6 Å². The molecule has 0 radical (unpaired) electrons. The van der Waals surface area contributed by atoms with Crippen molar-refractivity contribution in [2.75, 3.05) is 38.1 Å². The summed E-state index contributed by atoms with van der Waals surface area (Å²) in [4.78, 5) is 46.3. The lowest BCUT2D eigenvalue weighted by atomic mass is 9.86. The van der Waals surface area contributed by atoms with Crippen LogP contribution in [0.1, 0.15) is 90.2 Å². The summed E-state index contributed by atoms with van der Waals surface area (Å²) in [7, 11) is 3.18. The maximum atomic E-state index is 14.1. The fourth-order valence-corrected chi connectivity index (χ4v) is 9.57. The van der Waals surface area contributed by atoms with E-state index >= 15 is 0 Å². The van der Waals surface area contributed by atoms with Crippen molar-refractivity contribution in [2.45, 2.75) is 103 Å². The number of anilines is 4. The highest BCUT2D eigenvalue weighted by Gasteiger charge is 2.36. The van der Waals surface area contributed by atoms with E-state index < -0.39 is 23.0 Å². The second-order valence-electron chi connectivity index (χ2n) is 19.8. The average Bonchev–Trinajstić information content (AvgIpc) is 3.40. The van der Waals surface area contributed by atoms with Crippen molar-refractivity contribution in [3.8, 4) is 23.0 Å². The second-order valence-corrected chi connectivity index (χ2v) is 20.7. The number of ether oxygens (including phenoxy) is 5. The van der Waals surface area contributed by atoms with E-state index in [2.05, 4.69) is 67.5 Å². The minimum absolute atomic E-state index is 0.167. The number of methoxy groups -OCH3 is 2. The summed E-state index contributed by atoms with van der Waals surface area (Å²) in [6, 6.07) is 18.2. The van der Waals surface area contributed by atoms with Gasteiger partial charge < -0.3 is 45.0 Å². The van der Waals surface area contributed by atoms with Crippen LogP contribution in [0.5, 0.6) is 23.0 Å². The van der Waals surface area contributed by atoms with Gasteiger partial charge in [-0.05, 0) is 127 Å². The van der Waals surface area contributed by atoms with Crippen molar-refractivity contribution in [3.63, 3.8) is 0 Å². The van der Waals surface area contributed by atoms with Crippen LogP contribution in [0, 0.1) is 11.8 Å². The molecule has 2 heterocycles. The summed E-state index contributed by atoms with van der Waals surface area (Å²) in [5.41, 5.74) is 2.60. The average molecular weight is 1090 g/mol. The molecule has 2 aromatic heterocycles. The number of nitrogens with one attached hydrogen (secondary N) is 4. The molecule has 15 nitrogen and oxygen atoms in total. The monoisotopic (exact) mass is 1090 g/mol. The van der Waals surface area contributed by atoms with Crippen LogP contribution in [-0.2, 0) is 27.4 Å². The predicted octanol–water partition coefficient (Wildman–Crippen LogP) is 13.7. The molecule has 0 saturated carbocycles. The number of amides is 2. The van der Waals surface area contributed by atoms with Gasteiger partial charge in [-0.15, -0.1) is 26.3 Å². The minimum Gasteiger partial charge on any atom is -0.493 e. The molecular formula is C60H72Cl2N8O7. The van der Waals surface area contributed by atoms with Gasteiger partial charge in [-0.3, -0.25) is 9.59 Å². The molecule has 2 amide bonds. The maximum Gasteiger partial charge on any atom is 0.223 e. The number of allylic oxidation sites excluding steroid dienone is 4. The van der Waals surface area contributed by atoms with Crippen LogP contribution in [0.4, 0.5) is 23.0 Å². The number of fused-ring (bicyclic) bond motifs is 2. The van der Waals surface area contributed by atoms with Gasteiger partial charge in [0, 0.05) is 69.3 Å². The van der Waals surface area contributed by atoms with E-state index in [-0.39, 0.29) is 24.9 Å². The smallest absolute Gasteiger partial charge is 0.223 e. The molecule has 408 valence electrons. The number of benzene rings is 4. The largest absolute Gasteiger partial charge is 0.493 e. The van der Waals surface area contributed by atoms with Crippen molar-refractivity contribution in [3.05, 3.63) is 145 Å². The van der Waals surface area contributed by atoms with E-state index in [0.29, 0.717) is 117 Å². The number of carbonyl (C=O) groups is 2. The van der Waals surface area contributed by atoms with E-state index in [1.165, 1.54) is 12.7 Å². The molecule has 0 spiro atoms. The molecule has 6 aromatic rings. The summed E-state index contributed by atoms with van der Waals surface area (Å²) in [6.07, 6.45) is 15.0. The van der Waals surface area contributed by atoms with E-state index in [4.69, 9.17) is 46.9 Å². The molecule has 0 bridgehead atoms. The van der Waals surface area contributed by atoms with Crippen LogP contribution < -0.4 is 40.2 Å². The van der Waals surface area contributed by atoms with Crippen molar-refractivity contribution in [2.24, 2.45) is 11.8 Å². The molecule has 0 aliphatic heterocycles. The molecule has 4 aromatic carbocycles. The standard InChI is InChI=1S/C60H72Cl2N8O7/c1-11-15-17-25-75-53-29-45-49(31-51(53)73-9)65-37-67-55(45)69-47-27-43(61)23-21-41(47)35-63-57(71)39(19-13-3)33-59(5,6)77-60(7,8)34-40(20-14-4)58(72)64-36-42-22-24-44(62)28-48(42)70-56-46-30-54(76-26-18-16-12-2)52(74-10)32-50(46)66-38-68-56/h11-14,21-24,27-32,37-40H,1-4,15-20,25-26,33-36H2,5-10H3,(H,63,71)(H,64,72)(H,65,67,69)(H,66,68,70). The molecule has 0 aliphatic carbocycles. The summed E-state index contributed by atoms with van der Waals surface area (Å²) in [5, 5.41) is 15.6. The number of halogens is 2. The third kappa shape index (κ3) is 16.9. The number of carbonyl (C=O) groups excluding carboxylic acids is 2. The van der Waals surface area contributed by atoms with Crippen molar-refractivity contribution < 1.29 is 33.3 Å². The topological polar surface area (TPSA) is 180 Å². The van der Waals surface area contributed by atoms with Crippen molar-refractivity contribution >= 4 is 79.8 Å². The number of aromatic nitrogens is 4. The molecular weight excluding hydrogens is 1020 g/mol. The molecule has 17 heteroatoms. The SMILES string of the molecule is C=CCCCOc1cc2c(Nc3cc(Cl)ccc3CNC(=O)C(CC=C)CC(C)(C)OC(C)(C)CC(CC=C)C(=O)NCc3ccc(Cl)cc3Nc3ncnc4cc(OC)c(OCCCC=C)cc34)ncnc2cc1OC. The Hall–Kier alpha value is -7.20. The van der Waals surface area contributed by atoms with Gasteiger partial charge in [0.25, 0.3) is 0 Å². The Kier molecular flexibility index (Phi) is 21.7. The number of hydrogen-bond acceptors (Lipinski definition) is 13. The maximum absolute atomic E-state index is 14.1. The Morgan fingerprint density at radius 3 is 1.38 bits per heavy atom. The molecule has 2 atom stereocenters. The molecule has 0 aliphatic rings. The van der Waals surface area contributed by atoms with Gasteiger partial charge in [0.1, 0.15) is 24.3 Å². The summed E-state index contributed by atoms with van der Waals surface area (Å²) in [5.74, 6) is 2.00. The number of nitrogens with zero attached hydrogens (tertiary/aromatic N) is 4. The van der Waals surface area contributed by atoms with Crippen molar-refractivity contribution in [1.82, 2.24) is 30.6 Å². The normalized spacial score (nSPS) is 12.3. The lowest BCUT2D eigenvalue weighted by Crippen LogP contribution is -2.43. The fourth-order valence-electron chi connectivity index (χ4n) is 9.22. The van der Waals surface area contributed by atoms with Crippen LogP contribution in [0.2, 0.25) is 10.0 Å².